The molecule has 11 heteroatoms. The molecule has 3 aromatic rings. The van der Waals surface area contributed by atoms with Gasteiger partial charge in [0.05, 0.1) is 6.33 Å². The number of benzene rings is 1. The van der Waals surface area contributed by atoms with E-state index < -0.39 is 24.5 Å². The number of carbonyl (C=O) groups excluding carboxylic acids is 1. The molecule has 31 heavy (non-hydrogen) atoms. The molecular formula is C20H22N6O5. The van der Waals surface area contributed by atoms with E-state index in [1.54, 1.807) is 0 Å². The van der Waals surface area contributed by atoms with Crippen molar-refractivity contribution in [2.24, 2.45) is 0 Å². The van der Waals surface area contributed by atoms with Gasteiger partial charge >= 0.3 is 5.97 Å². The van der Waals surface area contributed by atoms with E-state index in [4.69, 9.17) is 15.2 Å². The van der Waals surface area contributed by atoms with Crippen LogP contribution in [0.3, 0.4) is 0 Å². The van der Waals surface area contributed by atoms with Gasteiger partial charge in [0.2, 0.25) is 0 Å². The summed E-state index contributed by atoms with van der Waals surface area (Å²) in [5, 5.41) is 21.0. The average molecular weight is 426 g/mol. The Balaban J connectivity index is 1.20. The van der Waals surface area contributed by atoms with E-state index in [1.165, 1.54) is 17.2 Å². The Kier molecular flexibility index (Phi) is 5.02. The van der Waals surface area contributed by atoms with Crippen molar-refractivity contribution in [1.29, 1.82) is 0 Å². The molecule has 11 nitrogen and oxygen atoms in total. The maximum absolute atomic E-state index is 12.3. The molecule has 2 aliphatic heterocycles. The Hall–Kier alpha value is -3.12. The number of aromatic nitrogens is 4. The Morgan fingerprint density at radius 2 is 2.00 bits per heavy atom. The van der Waals surface area contributed by atoms with Crippen molar-refractivity contribution in [2.75, 3.05) is 18.8 Å². The van der Waals surface area contributed by atoms with Gasteiger partial charge in [-0.15, -0.1) is 0 Å². The van der Waals surface area contributed by atoms with Crippen molar-refractivity contribution in [3.8, 4) is 0 Å². The maximum atomic E-state index is 12.3. The minimum atomic E-state index is -1.19. The molecule has 0 radical (unpaired) electrons. The topological polar surface area (TPSA) is 149 Å². The number of fused-ring (bicyclic) bond motifs is 1. The van der Waals surface area contributed by atoms with Crippen LogP contribution in [-0.2, 0) is 20.9 Å². The number of ether oxygens (including phenoxy) is 2. The van der Waals surface area contributed by atoms with Crippen LogP contribution < -0.4 is 5.73 Å². The number of carbonyl (C=O) groups is 1. The molecule has 2 aromatic heterocycles. The van der Waals surface area contributed by atoms with Crippen LogP contribution in [0.15, 0.2) is 43.0 Å². The number of hydrogen-bond acceptors (Lipinski definition) is 10. The number of aliphatic hydroxyl groups excluding tert-OH is 2. The van der Waals surface area contributed by atoms with Crippen LogP contribution in [0.25, 0.3) is 11.2 Å². The molecule has 4 heterocycles. The number of hydrogen-bond donors (Lipinski definition) is 3. The predicted molar refractivity (Wildman–Crippen MR) is 107 cm³/mol. The standard InChI is InChI=1S/C20H22N6O5/c21-17-14-18(23-9-22-17)26(10-24-14)19-16(28)15(27)13(31-19)7-25-6-12(25)20(29)30-8-11-4-2-1-3-5-11/h1-5,9-10,12-13,15-16,19,27-28H,6-8H2,(H2,21,22,23)/t12?,13-,15-,16-,19-,25?/m1/s1. The lowest BCUT2D eigenvalue weighted by Gasteiger charge is -2.16. The van der Waals surface area contributed by atoms with E-state index in [2.05, 4.69) is 15.0 Å². The van der Waals surface area contributed by atoms with Crippen LogP contribution in [0.4, 0.5) is 5.82 Å². The van der Waals surface area contributed by atoms with E-state index >= 15 is 0 Å². The van der Waals surface area contributed by atoms with Crippen molar-refractivity contribution < 1.29 is 24.5 Å². The van der Waals surface area contributed by atoms with Gasteiger partial charge in [-0.05, 0) is 5.56 Å². The van der Waals surface area contributed by atoms with E-state index in [0.29, 0.717) is 17.7 Å². The third-order valence-corrected chi connectivity index (χ3v) is 5.62. The molecule has 6 atom stereocenters. The van der Waals surface area contributed by atoms with Crippen LogP contribution >= 0.6 is 0 Å². The lowest BCUT2D eigenvalue weighted by molar-refractivity contribution is -0.145. The highest BCUT2D eigenvalue weighted by Crippen LogP contribution is 2.34. The second-order valence-corrected chi connectivity index (χ2v) is 7.69. The molecule has 4 N–H and O–H groups in total. The summed E-state index contributed by atoms with van der Waals surface area (Å²) >= 11 is 0. The zero-order chi connectivity index (χ0) is 21.5. The summed E-state index contributed by atoms with van der Waals surface area (Å²) in [6, 6.07) is 9.07. The number of imidazole rings is 1. The van der Waals surface area contributed by atoms with E-state index in [1.807, 2.05) is 35.2 Å². The molecule has 0 bridgehead atoms. The molecular weight excluding hydrogens is 404 g/mol. The molecule has 1 aromatic carbocycles. The van der Waals surface area contributed by atoms with Gasteiger partial charge in [-0.3, -0.25) is 14.3 Å². The molecule has 0 aliphatic carbocycles. The first-order valence-corrected chi connectivity index (χ1v) is 9.92. The summed E-state index contributed by atoms with van der Waals surface area (Å²) in [4.78, 5) is 26.3. The number of nitrogens with two attached hydrogens (primary N) is 1. The SMILES string of the molecule is Nc1ncnc2c1ncn2[C@@H]1O[C@H](CN2CC2C(=O)OCc2ccccc2)[C@@H](O)[C@H]1O. The molecule has 0 saturated carbocycles. The first kappa shape index (κ1) is 19.8. The molecule has 2 fully saturated rings. The van der Waals surface area contributed by atoms with E-state index in [0.717, 1.165) is 5.56 Å². The van der Waals surface area contributed by atoms with Gasteiger partial charge in [0, 0.05) is 13.1 Å². The summed E-state index contributed by atoms with van der Waals surface area (Å²) < 4.78 is 12.8. The fourth-order valence-electron chi connectivity index (χ4n) is 3.82. The number of anilines is 1. The van der Waals surface area contributed by atoms with Gasteiger partial charge in [0.1, 0.15) is 42.8 Å². The average Bonchev–Trinajstić information content (AvgIpc) is 3.33. The Morgan fingerprint density at radius 3 is 2.81 bits per heavy atom. The van der Waals surface area contributed by atoms with Crippen LogP contribution in [0, 0.1) is 0 Å². The van der Waals surface area contributed by atoms with Gasteiger partial charge in [0.25, 0.3) is 0 Å². The predicted octanol–water partition coefficient (Wildman–Crippen LogP) is -0.545. The molecule has 2 unspecified atom stereocenters. The summed E-state index contributed by atoms with van der Waals surface area (Å²) in [6.07, 6.45) is -1.16. The van der Waals surface area contributed by atoms with Crippen LogP contribution in [0.1, 0.15) is 11.8 Å². The number of esters is 1. The monoisotopic (exact) mass is 426 g/mol. The number of rotatable bonds is 6. The van der Waals surface area contributed by atoms with Crippen molar-refractivity contribution in [1.82, 2.24) is 24.4 Å². The second-order valence-electron chi connectivity index (χ2n) is 7.69. The van der Waals surface area contributed by atoms with Crippen LogP contribution in [0.5, 0.6) is 0 Å². The lowest BCUT2D eigenvalue weighted by Crippen LogP contribution is -2.36. The zero-order valence-corrected chi connectivity index (χ0v) is 16.5. The van der Waals surface area contributed by atoms with Crippen molar-refractivity contribution in [3.63, 3.8) is 0 Å². The van der Waals surface area contributed by atoms with Crippen molar-refractivity contribution >= 4 is 23.0 Å². The third-order valence-electron chi connectivity index (χ3n) is 5.62. The molecule has 2 saturated heterocycles. The largest absolute Gasteiger partial charge is 0.460 e. The van der Waals surface area contributed by atoms with Crippen molar-refractivity contribution in [2.45, 2.75) is 37.2 Å². The minimum absolute atomic E-state index is 0.214. The minimum Gasteiger partial charge on any atom is -0.460 e. The fraction of sp³-hybridized carbons (Fsp3) is 0.400. The number of nitrogen functional groups attached to an aromatic ring is 1. The Morgan fingerprint density at radius 1 is 1.19 bits per heavy atom. The first-order valence-electron chi connectivity index (χ1n) is 9.92. The van der Waals surface area contributed by atoms with Crippen LogP contribution in [-0.4, -0.2) is 78.0 Å². The molecule has 0 amide bonds. The highest BCUT2D eigenvalue weighted by Gasteiger charge is 2.49. The van der Waals surface area contributed by atoms with Gasteiger partial charge in [-0.25, -0.2) is 15.0 Å². The van der Waals surface area contributed by atoms with Crippen molar-refractivity contribution in [3.05, 3.63) is 48.5 Å². The second kappa shape index (κ2) is 7.85. The number of aliphatic hydroxyl groups is 2. The highest BCUT2D eigenvalue weighted by atomic mass is 16.6. The highest BCUT2D eigenvalue weighted by molar-refractivity contribution is 5.81. The maximum Gasteiger partial charge on any atom is 0.325 e. The number of nitrogens with zero attached hydrogens (tertiary/aromatic N) is 5. The summed E-state index contributed by atoms with van der Waals surface area (Å²) in [6.45, 7) is 1.01. The molecule has 0 spiro atoms. The first-order chi connectivity index (χ1) is 15.0. The lowest BCUT2D eigenvalue weighted by atomic mass is 10.1. The Bertz CT molecular complexity index is 1090. The molecule has 5 rings (SSSR count). The van der Waals surface area contributed by atoms with Gasteiger partial charge < -0.3 is 25.4 Å². The van der Waals surface area contributed by atoms with Gasteiger partial charge in [-0.2, -0.15) is 0 Å². The van der Waals surface area contributed by atoms with E-state index in [-0.39, 0.29) is 31.0 Å². The van der Waals surface area contributed by atoms with Crippen LogP contribution in [0.2, 0.25) is 0 Å². The fourth-order valence-corrected chi connectivity index (χ4v) is 3.82. The van der Waals surface area contributed by atoms with Gasteiger partial charge in [-0.1, -0.05) is 30.3 Å². The molecule has 2 aliphatic rings. The van der Waals surface area contributed by atoms with Gasteiger partial charge in [0.15, 0.2) is 17.7 Å². The van der Waals surface area contributed by atoms with E-state index in [9.17, 15) is 15.0 Å². The summed E-state index contributed by atoms with van der Waals surface area (Å²) in [5.74, 6) is -0.101. The quantitative estimate of drug-likeness (QED) is 0.346. The Labute approximate surface area is 177 Å². The smallest absolute Gasteiger partial charge is 0.325 e. The normalized spacial score (nSPS) is 29.9. The zero-order valence-electron chi connectivity index (χ0n) is 16.5. The summed E-state index contributed by atoms with van der Waals surface area (Å²) in [7, 11) is 0. The molecule has 162 valence electrons. The third kappa shape index (κ3) is 3.72. The summed E-state index contributed by atoms with van der Waals surface area (Å²) in [5.41, 5.74) is 7.52.